The predicted molar refractivity (Wildman–Crippen MR) is 184 cm³/mol. The Hall–Kier alpha value is -3.16. The monoisotopic (exact) mass is 671 g/mol. The summed E-state index contributed by atoms with van der Waals surface area (Å²) in [6.07, 6.45) is -3.59. The highest BCUT2D eigenvalue weighted by molar-refractivity contribution is 7.95. The Balaban J connectivity index is 1.60. The summed E-state index contributed by atoms with van der Waals surface area (Å²) in [5.74, 6) is -0.579. The molecule has 0 aliphatic rings. The van der Waals surface area contributed by atoms with E-state index in [1.165, 1.54) is 42.6 Å². The lowest BCUT2D eigenvalue weighted by atomic mass is 9.30. The fourth-order valence-corrected chi connectivity index (χ4v) is 7.04. The topological polar surface area (TPSA) is 101 Å². The maximum absolute atomic E-state index is 13.7. The lowest BCUT2D eigenvalue weighted by Crippen LogP contribution is -2.52. The van der Waals surface area contributed by atoms with Gasteiger partial charge in [0, 0.05) is 44.3 Å². The van der Waals surface area contributed by atoms with Gasteiger partial charge in [-0.1, -0.05) is 17.7 Å². The number of benzene rings is 2. The SMILES string of the molecule is BC(B)(B)C(B)(B)S(=O)(=O)c1ccc([C@H](CO)NC(=O)c2ccc3c(c2)cc(Cc2ccc(Cl)cc2C(F)(F)F)n3CCF)nc1. The predicted octanol–water partition coefficient (Wildman–Crippen LogP) is 0.399. The summed E-state index contributed by atoms with van der Waals surface area (Å²) in [5, 5.41) is 12.6. The molecule has 0 aliphatic heterocycles. The van der Waals surface area contributed by atoms with Crippen molar-refractivity contribution < 1.29 is 35.9 Å². The van der Waals surface area contributed by atoms with Crippen molar-refractivity contribution in [3.63, 3.8) is 0 Å². The largest absolute Gasteiger partial charge is 0.416 e. The molecule has 0 aliphatic carbocycles. The molecule has 4 rings (SSSR count). The van der Waals surface area contributed by atoms with Crippen molar-refractivity contribution in [2.24, 2.45) is 0 Å². The Morgan fingerprint density at radius 3 is 2.28 bits per heavy atom. The van der Waals surface area contributed by atoms with Gasteiger partial charge in [-0.2, -0.15) is 13.2 Å². The molecular formula is C28H31B5ClF4N3O4S. The molecule has 1 amide bonds. The Bertz CT molecular complexity index is 1870. The van der Waals surface area contributed by atoms with Crippen LogP contribution < -0.4 is 5.32 Å². The van der Waals surface area contributed by atoms with Crippen molar-refractivity contribution >= 4 is 77.5 Å². The molecule has 4 aromatic rings. The zero-order valence-corrected chi connectivity index (χ0v) is 27.6. The number of aliphatic hydroxyl groups is 1. The smallest absolute Gasteiger partial charge is 0.394 e. The van der Waals surface area contributed by atoms with Gasteiger partial charge in [-0.05, 0) is 54.1 Å². The number of halogens is 5. The van der Waals surface area contributed by atoms with E-state index in [9.17, 15) is 35.9 Å². The van der Waals surface area contributed by atoms with E-state index in [0.29, 0.717) is 16.6 Å². The molecule has 238 valence electrons. The number of alkyl halides is 4. The van der Waals surface area contributed by atoms with Crippen LogP contribution in [0.4, 0.5) is 17.6 Å². The normalized spacial score (nSPS) is 13.5. The number of sulfone groups is 1. The van der Waals surface area contributed by atoms with E-state index in [1.807, 2.05) is 23.5 Å². The van der Waals surface area contributed by atoms with Crippen LogP contribution in [0.15, 0.2) is 65.7 Å². The van der Waals surface area contributed by atoms with Gasteiger partial charge in [0.15, 0.2) is 9.84 Å². The van der Waals surface area contributed by atoms with Gasteiger partial charge in [0.2, 0.25) is 0 Å². The standard InChI is InChI=1S/C28H31B5ClF4N3O4S/c29-27(30,31)28(32,33)46(44,45)20-4-5-22(39-13-20)23(14-42)40-25(43)16-2-6-24-17(9-16)11-19(41(24)8-7-35)10-15-1-3-18(34)12-21(15)26(36,37)38/h1-6,9,11-13,23,42H,7-8,10,14,29-33H2,(H,40,43)/t23-/m0/s1. The first-order valence-corrected chi connectivity index (χ1v) is 16.3. The quantitative estimate of drug-likeness (QED) is 0.178. The average molecular weight is 671 g/mol. The van der Waals surface area contributed by atoms with Crippen molar-refractivity contribution in [3.05, 3.63) is 93.9 Å². The van der Waals surface area contributed by atoms with Crippen LogP contribution in [-0.2, 0) is 29.0 Å². The average Bonchev–Trinajstić information content (AvgIpc) is 3.31. The van der Waals surface area contributed by atoms with Gasteiger partial charge in [-0.3, -0.25) is 9.78 Å². The molecule has 2 aromatic heterocycles. The molecule has 0 unspecified atom stereocenters. The maximum Gasteiger partial charge on any atom is 0.416 e. The highest BCUT2D eigenvalue weighted by Gasteiger charge is 2.44. The highest BCUT2D eigenvalue weighted by atomic mass is 35.5. The number of pyridine rings is 1. The second-order valence-corrected chi connectivity index (χ2v) is 15.6. The van der Waals surface area contributed by atoms with Crippen LogP contribution in [0.5, 0.6) is 0 Å². The van der Waals surface area contributed by atoms with E-state index >= 15 is 0 Å². The zero-order chi connectivity index (χ0) is 34.2. The maximum atomic E-state index is 13.7. The molecule has 18 heteroatoms. The molecule has 0 radical (unpaired) electrons. The number of carbonyl (C=O) groups is 1. The summed E-state index contributed by atoms with van der Waals surface area (Å²) in [7, 11) is 5.03. The Morgan fingerprint density at radius 1 is 1.02 bits per heavy atom. The van der Waals surface area contributed by atoms with Crippen LogP contribution >= 0.6 is 11.6 Å². The van der Waals surface area contributed by atoms with Crippen molar-refractivity contribution in [2.75, 3.05) is 13.3 Å². The van der Waals surface area contributed by atoms with Gasteiger partial charge in [0.1, 0.15) is 22.4 Å². The second-order valence-electron chi connectivity index (χ2n) is 12.6. The van der Waals surface area contributed by atoms with Crippen LogP contribution in [0, 0.1) is 0 Å². The molecule has 7 nitrogen and oxygen atoms in total. The number of carbonyl (C=O) groups excluding carboxylic acids is 1. The number of hydrogen-bond donors (Lipinski definition) is 2. The van der Waals surface area contributed by atoms with Crippen LogP contribution in [-0.4, -0.2) is 86.0 Å². The van der Waals surface area contributed by atoms with Gasteiger partial charge in [0.05, 0.1) is 58.9 Å². The number of fused-ring (bicyclic) bond motifs is 1. The van der Waals surface area contributed by atoms with E-state index in [-0.39, 0.29) is 39.7 Å². The van der Waals surface area contributed by atoms with Crippen LogP contribution in [0.25, 0.3) is 10.9 Å². The van der Waals surface area contributed by atoms with Gasteiger partial charge in [-0.15, -0.1) is 5.11 Å². The number of aryl methyl sites for hydroxylation is 1. The number of rotatable bonds is 11. The fraction of sp³-hybridized carbons (Fsp3) is 0.286. The molecule has 2 aromatic carbocycles. The molecule has 0 spiro atoms. The highest BCUT2D eigenvalue weighted by Crippen LogP contribution is 2.36. The van der Waals surface area contributed by atoms with Crippen molar-refractivity contribution in [3.8, 4) is 0 Å². The number of nitrogens with one attached hydrogen (secondary N) is 1. The molecule has 0 fully saturated rings. The molecule has 0 saturated carbocycles. The third kappa shape index (κ3) is 7.06. The lowest BCUT2D eigenvalue weighted by Gasteiger charge is -2.38. The lowest BCUT2D eigenvalue weighted by molar-refractivity contribution is -0.138. The minimum absolute atomic E-state index is 0.0131. The minimum Gasteiger partial charge on any atom is -0.394 e. The number of aromatic nitrogens is 2. The first-order valence-electron chi connectivity index (χ1n) is 14.5. The number of nitrogens with zero attached hydrogens (tertiary/aromatic N) is 2. The molecular weight excluding hydrogens is 640 g/mol. The second kappa shape index (κ2) is 13.2. The molecule has 0 bridgehead atoms. The van der Waals surface area contributed by atoms with Gasteiger partial charge < -0.3 is 15.0 Å². The third-order valence-electron chi connectivity index (χ3n) is 8.70. The van der Waals surface area contributed by atoms with Gasteiger partial charge in [0.25, 0.3) is 5.91 Å². The molecule has 46 heavy (non-hydrogen) atoms. The Morgan fingerprint density at radius 2 is 1.72 bits per heavy atom. The van der Waals surface area contributed by atoms with E-state index in [4.69, 9.17) is 11.6 Å². The van der Waals surface area contributed by atoms with E-state index in [0.717, 1.165) is 6.07 Å². The molecule has 1 atom stereocenters. The third-order valence-corrected chi connectivity index (χ3v) is 11.8. The van der Waals surface area contributed by atoms with Crippen LogP contribution in [0.1, 0.15) is 38.9 Å². The molecule has 2 N–H and O–H groups in total. The summed E-state index contributed by atoms with van der Waals surface area (Å²) in [4.78, 5) is 17.5. The number of hydrogen-bond acceptors (Lipinski definition) is 5. The summed E-state index contributed by atoms with van der Waals surface area (Å²) >= 11 is 5.82. The fourth-order valence-electron chi connectivity index (χ4n) is 5.04. The van der Waals surface area contributed by atoms with Crippen LogP contribution in [0.2, 0.25) is 10.1 Å². The summed E-state index contributed by atoms with van der Waals surface area (Å²) in [6.45, 7) is -1.39. The van der Waals surface area contributed by atoms with Gasteiger partial charge in [-0.25, -0.2) is 12.8 Å². The Kier molecular flexibility index (Phi) is 10.2. The van der Waals surface area contributed by atoms with Gasteiger partial charge >= 0.3 is 6.18 Å². The summed E-state index contributed by atoms with van der Waals surface area (Å²) in [6, 6.07) is 11.6. The molecule has 0 saturated heterocycles. The molecule has 2 heterocycles. The van der Waals surface area contributed by atoms with Crippen LogP contribution in [0.3, 0.4) is 0 Å². The first kappa shape index (κ1) is 35.7. The van der Waals surface area contributed by atoms with Crippen molar-refractivity contribution in [1.29, 1.82) is 0 Å². The number of amides is 1. The van der Waals surface area contributed by atoms with E-state index in [1.54, 1.807) is 32.4 Å². The zero-order valence-electron chi connectivity index (χ0n) is 26.0. The van der Waals surface area contributed by atoms with E-state index < -0.39 is 56.5 Å². The minimum atomic E-state index is -4.64. The van der Waals surface area contributed by atoms with Crippen molar-refractivity contribution in [1.82, 2.24) is 14.9 Å². The van der Waals surface area contributed by atoms with E-state index in [2.05, 4.69) is 10.3 Å². The summed E-state index contributed by atoms with van der Waals surface area (Å²) < 4.78 is 81.8. The Labute approximate surface area is 274 Å². The summed E-state index contributed by atoms with van der Waals surface area (Å²) in [5.41, 5.74) is 0.455. The van der Waals surface area contributed by atoms with Crippen molar-refractivity contribution in [2.45, 2.75) is 39.7 Å². The first-order chi connectivity index (χ1) is 21.3. The number of aliphatic hydroxyl groups excluding tert-OH is 1.